The number of aryl methyl sites for hydroxylation is 2. The maximum atomic E-state index is 12.6. The molecule has 2 heterocycles. The van der Waals surface area contributed by atoms with Crippen molar-refractivity contribution in [1.29, 1.82) is 0 Å². The first-order valence-corrected chi connectivity index (χ1v) is 11.5. The summed E-state index contributed by atoms with van der Waals surface area (Å²) in [6, 6.07) is 15.1. The van der Waals surface area contributed by atoms with Crippen molar-refractivity contribution in [2.24, 2.45) is 14.1 Å². The third-order valence-corrected chi connectivity index (χ3v) is 7.43. The highest BCUT2D eigenvalue weighted by molar-refractivity contribution is 7.22. The minimum atomic E-state index is -0.886. The predicted molar refractivity (Wildman–Crippen MR) is 133 cm³/mol. The average molecular weight is 478 g/mol. The van der Waals surface area contributed by atoms with E-state index in [1.54, 1.807) is 23.9 Å². The Bertz CT molecular complexity index is 1630. The van der Waals surface area contributed by atoms with Gasteiger partial charge in [-0.25, -0.2) is 4.98 Å². The minimum absolute atomic E-state index is 0.0584. The minimum Gasteiger partial charge on any atom is -0.481 e. The number of rotatable bonds is 4. The normalized spacial score (nSPS) is 11.5. The summed E-state index contributed by atoms with van der Waals surface area (Å²) >= 11 is 7.60. The van der Waals surface area contributed by atoms with Crippen LogP contribution in [0.1, 0.15) is 11.1 Å². The molecule has 6 nitrogen and oxygen atoms in total. The van der Waals surface area contributed by atoms with Crippen LogP contribution >= 0.6 is 22.9 Å². The van der Waals surface area contributed by atoms with Gasteiger partial charge in [0.05, 0.1) is 27.5 Å². The molecular weight excluding hydrogens is 458 g/mol. The first-order chi connectivity index (χ1) is 15.7. The largest absolute Gasteiger partial charge is 0.481 e. The summed E-state index contributed by atoms with van der Waals surface area (Å²) in [5.41, 5.74) is 5.85. The van der Waals surface area contributed by atoms with Crippen molar-refractivity contribution >= 4 is 50.0 Å². The van der Waals surface area contributed by atoms with E-state index in [1.807, 2.05) is 55.1 Å². The molecular formula is C25H20ClN3O3S. The maximum Gasteiger partial charge on any atom is 0.307 e. The Morgan fingerprint density at radius 3 is 2.45 bits per heavy atom. The molecule has 0 unspecified atom stereocenters. The van der Waals surface area contributed by atoms with Crippen molar-refractivity contribution in [2.45, 2.75) is 13.3 Å². The number of carboxylic acid groups (broad SMARTS) is 1. The van der Waals surface area contributed by atoms with Gasteiger partial charge in [-0.2, -0.15) is 0 Å². The first-order valence-electron chi connectivity index (χ1n) is 10.3. The zero-order valence-corrected chi connectivity index (χ0v) is 19.8. The summed E-state index contributed by atoms with van der Waals surface area (Å²) in [4.78, 5) is 29.1. The number of halogens is 1. The topological polar surface area (TPSA) is 77.1 Å². The molecule has 3 aromatic carbocycles. The Kier molecular flexibility index (Phi) is 5.11. The van der Waals surface area contributed by atoms with Crippen LogP contribution in [0.25, 0.3) is 42.8 Å². The van der Waals surface area contributed by atoms with Gasteiger partial charge < -0.3 is 5.11 Å². The molecule has 0 aliphatic carbocycles. The van der Waals surface area contributed by atoms with Crippen LogP contribution in [0.2, 0.25) is 5.02 Å². The summed E-state index contributed by atoms with van der Waals surface area (Å²) < 4.78 is 4.31. The van der Waals surface area contributed by atoms with E-state index in [0.717, 1.165) is 48.6 Å². The lowest BCUT2D eigenvalue weighted by molar-refractivity contribution is -0.136. The summed E-state index contributed by atoms with van der Waals surface area (Å²) in [5, 5.41) is 11.6. The van der Waals surface area contributed by atoms with Crippen molar-refractivity contribution in [2.75, 3.05) is 0 Å². The van der Waals surface area contributed by atoms with Gasteiger partial charge in [-0.3, -0.25) is 19.0 Å². The molecule has 0 saturated heterocycles. The van der Waals surface area contributed by atoms with E-state index in [0.29, 0.717) is 10.4 Å². The van der Waals surface area contributed by atoms with Gasteiger partial charge in [-0.1, -0.05) is 23.7 Å². The fourth-order valence-electron chi connectivity index (χ4n) is 4.25. The molecule has 5 aromatic rings. The number of aliphatic carboxylic acids is 1. The molecule has 0 spiro atoms. The zero-order valence-electron chi connectivity index (χ0n) is 18.2. The van der Waals surface area contributed by atoms with E-state index < -0.39 is 5.97 Å². The van der Waals surface area contributed by atoms with Crippen LogP contribution in [-0.2, 0) is 25.3 Å². The smallest absolute Gasteiger partial charge is 0.307 e. The second kappa shape index (κ2) is 7.86. The molecule has 166 valence electrons. The van der Waals surface area contributed by atoms with Gasteiger partial charge in [0.2, 0.25) is 0 Å². The first kappa shape index (κ1) is 21.4. The Hall–Kier alpha value is -3.42. The van der Waals surface area contributed by atoms with Crippen LogP contribution in [0.3, 0.4) is 0 Å². The van der Waals surface area contributed by atoms with Gasteiger partial charge in [0.15, 0.2) is 0 Å². The molecule has 0 aliphatic heterocycles. The van der Waals surface area contributed by atoms with E-state index in [4.69, 9.17) is 16.6 Å². The summed E-state index contributed by atoms with van der Waals surface area (Å²) in [7, 11) is 3.59. The lowest BCUT2D eigenvalue weighted by Crippen LogP contribution is -2.16. The highest BCUT2D eigenvalue weighted by atomic mass is 35.5. The number of hydrogen-bond acceptors (Lipinski definition) is 4. The fraction of sp³-hybridized carbons (Fsp3) is 0.160. The molecule has 5 rings (SSSR count). The standard InChI is InChI=1S/C25H20ClN3O3S/c1-13-10-19-23(22(17(13)12-21(30)31)14-4-7-16(26)8-5-14)33-24(27-19)15-6-9-20-18(11-15)25(32)29(3)28(20)2/h4-11H,12H2,1-3H3,(H,30,31). The molecule has 0 radical (unpaired) electrons. The van der Waals surface area contributed by atoms with Gasteiger partial charge >= 0.3 is 5.97 Å². The zero-order chi connectivity index (χ0) is 23.4. The molecule has 1 N–H and O–H groups in total. The highest BCUT2D eigenvalue weighted by Crippen LogP contribution is 2.41. The van der Waals surface area contributed by atoms with Crippen molar-refractivity contribution in [1.82, 2.24) is 14.3 Å². The summed E-state index contributed by atoms with van der Waals surface area (Å²) in [6.07, 6.45) is -0.0843. The van der Waals surface area contributed by atoms with Crippen LogP contribution in [0.4, 0.5) is 0 Å². The van der Waals surface area contributed by atoms with Gasteiger partial charge in [-0.15, -0.1) is 11.3 Å². The van der Waals surface area contributed by atoms with Crippen LogP contribution in [0.15, 0.2) is 53.3 Å². The predicted octanol–water partition coefficient (Wildman–Crippen LogP) is 5.41. The maximum absolute atomic E-state index is 12.6. The number of aromatic nitrogens is 3. The van der Waals surface area contributed by atoms with Gasteiger partial charge in [0, 0.05) is 30.2 Å². The third-order valence-electron chi connectivity index (χ3n) is 6.04. The number of benzene rings is 3. The summed E-state index contributed by atoms with van der Waals surface area (Å²) in [6.45, 7) is 1.91. The van der Waals surface area contributed by atoms with E-state index >= 15 is 0 Å². The Morgan fingerprint density at radius 2 is 1.76 bits per heavy atom. The lowest BCUT2D eigenvalue weighted by Gasteiger charge is -2.13. The second-order valence-corrected chi connectivity index (χ2v) is 9.51. The van der Waals surface area contributed by atoms with Gasteiger partial charge in [0.25, 0.3) is 5.56 Å². The Labute approximate surface area is 198 Å². The van der Waals surface area contributed by atoms with Crippen molar-refractivity contribution in [3.05, 3.63) is 75.0 Å². The van der Waals surface area contributed by atoms with Gasteiger partial charge in [-0.05, 0) is 60.0 Å². The Balaban J connectivity index is 1.77. The number of thiazole rings is 1. The SMILES string of the molecule is Cc1cc2nc(-c3ccc4c(c3)c(=O)n(C)n4C)sc2c(-c2ccc(Cl)cc2)c1CC(=O)O. The second-order valence-electron chi connectivity index (χ2n) is 8.08. The molecule has 0 atom stereocenters. The van der Waals surface area contributed by atoms with Gasteiger partial charge in [0.1, 0.15) is 5.01 Å². The van der Waals surface area contributed by atoms with Crippen molar-refractivity contribution in [3.63, 3.8) is 0 Å². The van der Waals surface area contributed by atoms with Crippen molar-refractivity contribution in [3.8, 4) is 21.7 Å². The van der Waals surface area contributed by atoms with Crippen LogP contribution in [0.5, 0.6) is 0 Å². The molecule has 0 amide bonds. The van der Waals surface area contributed by atoms with Crippen LogP contribution in [0, 0.1) is 6.92 Å². The van der Waals surface area contributed by atoms with E-state index in [-0.39, 0.29) is 12.0 Å². The number of nitrogens with zero attached hydrogens (tertiary/aromatic N) is 3. The van der Waals surface area contributed by atoms with Crippen LogP contribution in [-0.4, -0.2) is 25.4 Å². The van der Waals surface area contributed by atoms with E-state index in [1.165, 1.54) is 11.3 Å². The molecule has 8 heteroatoms. The molecule has 0 bridgehead atoms. The number of fused-ring (bicyclic) bond motifs is 2. The number of hydrogen-bond donors (Lipinski definition) is 1. The fourth-order valence-corrected chi connectivity index (χ4v) is 5.51. The molecule has 33 heavy (non-hydrogen) atoms. The highest BCUT2D eigenvalue weighted by Gasteiger charge is 2.20. The van der Waals surface area contributed by atoms with Crippen molar-refractivity contribution < 1.29 is 9.90 Å². The molecule has 2 aromatic heterocycles. The molecule has 0 saturated carbocycles. The van der Waals surface area contributed by atoms with E-state index in [9.17, 15) is 14.7 Å². The van der Waals surface area contributed by atoms with Crippen LogP contribution < -0.4 is 5.56 Å². The molecule has 0 aliphatic rings. The molecule has 0 fully saturated rings. The lowest BCUT2D eigenvalue weighted by atomic mass is 9.93. The van der Waals surface area contributed by atoms with E-state index in [2.05, 4.69) is 0 Å². The third kappa shape index (κ3) is 3.53. The number of carbonyl (C=O) groups is 1. The monoisotopic (exact) mass is 477 g/mol. The number of carboxylic acids is 1. The summed E-state index contributed by atoms with van der Waals surface area (Å²) in [5.74, 6) is -0.886. The Morgan fingerprint density at radius 1 is 1.06 bits per heavy atom. The average Bonchev–Trinajstić information content (AvgIpc) is 3.29. The quantitative estimate of drug-likeness (QED) is 0.375.